The van der Waals surface area contributed by atoms with Gasteiger partial charge >= 0.3 is 0 Å². The lowest BCUT2D eigenvalue weighted by Gasteiger charge is -2.24. The van der Waals surface area contributed by atoms with Crippen LogP contribution in [0.3, 0.4) is 0 Å². The van der Waals surface area contributed by atoms with Crippen LogP contribution in [0.15, 0.2) is 285 Å². The molecular formula is C70H47N3. The Hall–Kier alpha value is -9.70. The van der Waals surface area contributed by atoms with E-state index in [4.69, 9.17) is 9.97 Å². The van der Waals surface area contributed by atoms with Crippen LogP contribution in [0.2, 0.25) is 0 Å². The molecule has 2 aromatic heterocycles. The van der Waals surface area contributed by atoms with Crippen molar-refractivity contribution in [1.82, 2.24) is 14.5 Å². The Labute approximate surface area is 425 Å². The monoisotopic (exact) mass is 929 g/mol. The highest BCUT2D eigenvalue weighted by Gasteiger charge is 2.25. The molecule has 0 atom stereocenters. The van der Waals surface area contributed by atoms with Gasteiger partial charge in [0, 0.05) is 22.2 Å². The standard InChI is InChI=1S/C70H47N3/c1-7-24-48(25-8-1)53-34-22-38-57(45-53)67-69-68(60-42-19-20-43-63(60)73(69)59-40-17-6-18-41-59)72-70(71-67)58-39-23-36-55(46-58)54-35-21-37-56(44-54)62-47-61(49-26-9-2-10-27-49)64(50-28-11-3-12-29-50)66(52-32-15-5-16-33-52)65(62)51-30-13-4-14-31-51/h1-47H. The summed E-state index contributed by atoms with van der Waals surface area (Å²) < 4.78 is 2.32. The van der Waals surface area contributed by atoms with Crippen molar-refractivity contribution in [2.75, 3.05) is 0 Å². The van der Waals surface area contributed by atoms with Crippen LogP contribution in [-0.2, 0) is 0 Å². The number of benzene rings is 11. The molecule has 0 radical (unpaired) electrons. The lowest BCUT2D eigenvalue weighted by Crippen LogP contribution is -2.00. The fourth-order valence-corrected chi connectivity index (χ4v) is 10.7. The molecule has 0 amide bonds. The third-order valence-electron chi connectivity index (χ3n) is 14.0. The average Bonchev–Trinajstić information content (AvgIpc) is 3.82. The van der Waals surface area contributed by atoms with Crippen LogP contribution < -0.4 is 0 Å². The highest BCUT2D eigenvalue weighted by molar-refractivity contribution is 6.12. The predicted molar refractivity (Wildman–Crippen MR) is 305 cm³/mol. The minimum atomic E-state index is 0.671. The van der Waals surface area contributed by atoms with Gasteiger partial charge in [0.05, 0.1) is 16.7 Å². The van der Waals surface area contributed by atoms with Gasteiger partial charge in [0.15, 0.2) is 5.82 Å². The van der Waals surface area contributed by atoms with E-state index in [2.05, 4.69) is 290 Å². The predicted octanol–water partition coefficient (Wildman–Crippen LogP) is 18.6. The summed E-state index contributed by atoms with van der Waals surface area (Å²) in [5.41, 5.74) is 23.1. The van der Waals surface area contributed by atoms with Crippen molar-refractivity contribution in [1.29, 1.82) is 0 Å². The maximum atomic E-state index is 5.58. The van der Waals surface area contributed by atoms with Gasteiger partial charge in [0.2, 0.25) is 0 Å². The van der Waals surface area contributed by atoms with Gasteiger partial charge in [-0.25, -0.2) is 9.97 Å². The van der Waals surface area contributed by atoms with Crippen LogP contribution in [0.4, 0.5) is 0 Å². The lowest BCUT2D eigenvalue weighted by molar-refractivity contribution is 1.15. The molecule has 2 heterocycles. The molecule has 0 spiro atoms. The van der Waals surface area contributed by atoms with Crippen LogP contribution >= 0.6 is 0 Å². The van der Waals surface area contributed by atoms with Crippen LogP contribution in [-0.4, -0.2) is 14.5 Å². The minimum Gasteiger partial charge on any atom is -0.306 e. The topological polar surface area (TPSA) is 30.7 Å². The minimum absolute atomic E-state index is 0.671. The summed E-state index contributed by atoms with van der Waals surface area (Å²) in [4.78, 5) is 11.1. The van der Waals surface area contributed by atoms with Crippen molar-refractivity contribution in [2.24, 2.45) is 0 Å². The van der Waals surface area contributed by atoms with E-state index in [0.717, 1.165) is 89.0 Å². The van der Waals surface area contributed by atoms with E-state index in [9.17, 15) is 0 Å². The summed E-state index contributed by atoms with van der Waals surface area (Å²) in [6.45, 7) is 0. The van der Waals surface area contributed by atoms with E-state index in [1.165, 1.54) is 33.4 Å². The second-order valence-electron chi connectivity index (χ2n) is 18.5. The van der Waals surface area contributed by atoms with Gasteiger partial charge in [0.1, 0.15) is 5.52 Å². The smallest absolute Gasteiger partial charge is 0.160 e. The zero-order valence-corrected chi connectivity index (χ0v) is 40.0. The average molecular weight is 930 g/mol. The third kappa shape index (κ3) is 8.09. The number of hydrogen-bond donors (Lipinski definition) is 0. The Morgan fingerprint density at radius 2 is 0.658 bits per heavy atom. The Morgan fingerprint density at radius 1 is 0.260 bits per heavy atom. The van der Waals surface area contributed by atoms with Gasteiger partial charge in [-0.2, -0.15) is 0 Å². The first-order chi connectivity index (χ1) is 36.2. The van der Waals surface area contributed by atoms with E-state index in [1.54, 1.807) is 0 Å². The Balaban J connectivity index is 1.02. The van der Waals surface area contributed by atoms with Gasteiger partial charge in [-0.1, -0.05) is 243 Å². The normalized spacial score (nSPS) is 11.3. The Bertz CT molecular complexity index is 4090. The quantitative estimate of drug-likeness (QED) is 0.137. The van der Waals surface area contributed by atoms with Crippen LogP contribution in [0.5, 0.6) is 0 Å². The number of hydrogen-bond acceptors (Lipinski definition) is 2. The van der Waals surface area contributed by atoms with Crippen molar-refractivity contribution in [2.45, 2.75) is 0 Å². The van der Waals surface area contributed by atoms with E-state index in [-0.39, 0.29) is 0 Å². The summed E-state index contributed by atoms with van der Waals surface area (Å²) in [5.74, 6) is 0.671. The summed E-state index contributed by atoms with van der Waals surface area (Å²) in [6, 6.07) is 102. The molecular weight excluding hydrogens is 883 g/mol. The van der Waals surface area contributed by atoms with E-state index in [1.807, 2.05) is 0 Å². The molecule has 0 unspecified atom stereocenters. The molecule has 0 saturated heterocycles. The van der Waals surface area contributed by atoms with Gasteiger partial charge in [0.25, 0.3) is 0 Å². The molecule has 0 aliphatic carbocycles. The number of fused-ring (bicyclic) bond motifs is 3. The number of aromatic nitrogens is 3. The number of para-hydroxylation sites is 2. The second-order valence-corrected chi connectivity index (χ2v) is 18.5. The van der Waals surface area contributed by atoms with Gasteiger partial charge in [-0.3, -0.25) is 0 Å². The molecule has 0 aliphatic heterocycles. The maximum absolute atomic E-state index is 5.58. The molecule has 0 N–H and O–H groups in total. The largest absolute Gasteiger partial charge is 0.306 e. The highest BCUT2D eigenvalue weighted by Crippen LogP contribution is 2.51. The summed E-state index contributed by atoms with van der Waals surface area (Å²) in [5, 5.41) is 1.08. The molecule has 73 heavy (non-hydrogen) atoms. The zero-order valence-electron chi connectivity index (χ0n) is 40.0. The zero-order chi connectivity index (χ0) is 48.5. The fraction of sp³-hybridized carbons (Fsp3) is 0. The first kappa shape index (κ1) is 43.3. The van der Waals surface area contributed by atoms with Crippen LogP contribution in [0.1, 0.15) is 0 Å². The molecule has 11 aromatic carbocycles. The molecule has 13 aromatic rings. The van der Waals surface area contributed by atoms with Crippen molar-refractivity contribution in [3.05, 3.63) is 285 Å². The second kappa shape index (κ2) is 18.9. The van der Waals surface area contributed by atoms with Gasteiger partial charge in [-0.05, 0) is 120 Å². The SMILES string of the molecule is c1ccc(-c2cccc(-c3nc(-c4cccc(-c5cccc(-c6cc(-c7ccccc7)c(-c7ccccc7)c(-c7ccccc7)c6-c6ccccc6)c5)c4)nc4c5ccccc5n(-c5ccccc5)c34)c2)cc1. The fourth-order valence-electron chi connectivity index (χ4n) is 10.7. The lowest BCUT2D eigenvalue weighted by atomic mass is 9.78. The van der Waals surface area contributed by atoms with Crippen molar-refractivity contribution in [3.8, 4) is 106 Å². The molecule has 0 saturated carbocycles. The van der Waals surface area contributed by atoms with E-state index < -0.39 is 0 Å². The van der Waals surface area contributed by atoms with E-state index >= 15 is 0 Å². The highest BCUT2D eigenvalue weighted by atomic mass is 15.0. The molecule has 0 aliphatic rings. The van der Waals surface area contributed by atoms with Crippen molar-refractivity contribution < 1.29 is 0 Å². The molecule has 3 nitrogen and oxygen atoms in total. The van der Waals surface area contributed by atoms with Crippen LogP contribution in [0.25, 0.3) is 128 Å². The first-order valence-electron chi connectivity index (χ1n) is 24.9. The Morgan fingerprint density at radius 3 is 1.25 bits per heavy atom. The molecule has 13 rings (SSSR count). The summed E-state index contributed by atoms with van der Waals surface area (Å²) in [7, 11) is 0. The van der Waals surface area contributed by atoms with E-state index in [0.29, 0.717) is 5.82 Å². The molecule has 342 valence electrons. The molecule has 0 fully saturated rings. The van der Waals surface area contributed by atoms with Crippen LogP contribution in [0, 0.1) is 0 Å². The third-order valence-corrected chi connectivity index (χ3v) is 14.0. The van der Waals surface area contributed by atoms with Crippen molar-refractivity contribution in [3.63, 3.8) is 0 Å². The Kier molecular flexibility index (Phi) is 11.2. The number of nitrogens with zero attached hydrogens (tertiary/aromatic N) is 3. The van der Waals surface area contributed by atoms with Gasteiger partial charge in [-0.15, -0.1) is 0 Å². The first-order valence-corrected chi connectivity index (χ1v) is 24.9. The number of rotatable bonds is 10. The summed E-state index contributed by atoms with van der Waals surface area (Å²) in [6.07, 6.45) is 0. The van der Waals surface area contributed by atoms with Gasteiger partial charge < -0.3 is 4.57 Å². The van der Waals surface area contributed by atoms with Crippen molar-refractivity contribution >= 4 is 21.9 Å². The molecule has 0 bridgehead atoms. The summed E-state index contributed by atoms with van der Waals surface area (Å²) >= 11 is 0. The molecule has 3 heteroatoms. The maximum Gasteiger partial charge on any atom is 0.160 e.